The summed E-state index contributed by atoms with van der Waals surface area (Å²) < 4.78 is 14.3. The van der Waals surface area contributed by atoms with Gasteiger partial charge in [0.25, 0.3) is 0 Å². The van der Waals surface area contributed by atoms with E-state index in [9.17, 15) is 18.8 Å². The second kappa shape index (κ2) is 6.00. The molecule has 0 aliphatic heterocycles. The highest BCUT2D eigenvalue weighted by Crippen LogP contribution is 2.65. The predicted molar refractivity (Wildman–Crippen MR) is 104 cm³/mol. The number of halogens is 1. The third-order valence-electron chi connectivity index (χ3n) is 7.56. The zero-order chi connectivity index (χ0) is 19.7. The van der Waals surface area contributed by atoms with Crippen LogP contribution >= 0.6 is 11.8 Å². The van der Waals surface area contributed by atoms with Gasteiger partial charge >= 0.3 is 0 Å². The van der Waals surface area contributed by atoms with E-state index in [4.69, 9.17) is 0 Å². The first kappa shape index (κ1) is 18.9. The fourth-order valence-electron chi connectivity index (χ4n) is 6.32. The van der Waals surface area contributed by atoms with Gasteiger partial charge in [-0.05, 0) is 72.4 Å². The number of alkyl halides is 1. The van der Waals surface area contributed by atoms with Gasteiger partial charge in [-0.1, -0.05) is 26.5 Å². The maximum Gasteiger partial charge on any atom is 0.192 e. The molecule has 0 amide bonds. The lowest BCUT2D eigenvalue weighted by Crippen LogP contribution is -2.50. The molecule has 0 unspecified atom stereocenters. The molecule has 0 bridgehead atoms. The Morgan fingerprint density at radius 3 is 2.67 bits per heavy atom. The molecule has 0 saturated heterocycles. The Labute approximate surface area is 163 Å². The van der Waals surface area contributed by atoms with Crippen molar-refractivity contribution >= 4 is 28.4 Å². The minimum atomic E-state index is -1.36. The van der Waals surface area contributed by atoms with Gasteiger partial charge in [0, 0.05) is 17.8 Å². The van der Waals surface area contributed by atoms with Gasteiger partial charge in [0.15, 0.2) is 22.9 Å². The molecule has 3 saturated carbocycles. The van der Waals surface area contributed by atoms with Gasteiger partial charge in [-0.15, -0.1) is 0 Å². The number of hydrogen-bond acceptors (Lipinski definition) is 4. The summed E-state index contributed by atoms with van der Waals surface area (Å²) in [6.45, 7) is 9.77. The summed E-state index contributed by atoms with van der Waals surface area (Å²) in [5.41, 5.74) is 0.772. The minimum Gasteiger partial charge on any atom is -0.296 e. The number of carbonyl (C=O) groups is 3. The molecule has 0 aromatic heterocycles. The summed E-state index contributed by atoms with van der Waals surface area (Å²) in [4.78, 5) is 37.2. The van der Waals surface area contributed by atoms with Crippen molar-refractivity contribution in [3.8, 4) is 0 Å². The third-order valence-corrected chi connectivity index (χ3v) is 8.45. The lowest BCUT2D eigenvalue weighted by molar-refractivity contribution is -0.134. The molecule has 144 valence electrons. The Kier molecular flexibility index (Phi) is 4.19. The zero-order valence-electron chi connectivity index (χ0n) is 16.0. The smallest absolute Gasteiger partial charge is 0.192 e. The standard InChI is InChI=1S/C22H25FO3S/c1-11-9-13-14(5-7-22(4)15(13)10-16(23)20(22)26)21(3)8-6-17(25)19(18(11)21)27-12(2)24/h6,8,13-16H,1,5,7,9-10H2,2-4H3/t13-,14+,15+,16-,21-,22+/m1/s1. The average molecular weight is 389 g/mol. The van der Waals surface area contributed by atoms with Crippen LogP contribution in [-0.2, 0) is 14.4 Å². The number of carbonyl (C=O) groups excluding carboxylic acids is 3. The molecule has 0 aromatic carbocycles. The first-order valence-corrected chi connectivity index (χ1v) is 10.4. The van der Waals surface area contributed by atoms with E-state index in [0.29, 0.717) is 24.2 Å². The molecule has 6 atom stereocenters. The lowest BCUT2D eigenvalue weighted by atomic mass is 9.48. The van der Waals surface area contributed by atoms with Crippen LogP contribution in [0.25, 0.3) is 0 Å². The molecule has 0 aromatic rings. The van der Waals surface area contributed by atoms with Gasteiger partial charge < -0.3 is 0 Å². The number of ketones is 2. The molecule has 4 rings (SSSR count). The van der Waals surface area contributed by atoms with E-state index in [2.05, 4.69) is 13.5 Å². The normalized spacial score (nSPS) is 43.5. The van der Waals surface area contributed by atoms with Crippen LogP contribution in [0.15, 0.2) is 34.8 Å². The van der Waals surface area contributed by atoms with Crippen LogP contribution in [0.1, 0.15) is 46.5 Å². The average Bonchev–Trinajstić information content (AvgIpc) is 2.82. The van der Waals surface area contributed by atoms with Crippen molar-refractivity contribution in [1.29, 1.82) is 0 Å². The fourth-order valence-corrected chi connectivity index (χ4v) is 7.25. The molecule has 0 spiro atoms. The Hall–Kier alpha value is -1.49. The molecule has 0 heterocycles. The summed E-state index contributed by atoms with van der Waals surface area (Å²) in [5.74, 6) is 0.0501. The first-order chi connectivity index (χ1) is 12.6. The highest BCUT2D eigenvalue weighted by Gasteiger charge is 2.62. The molecule has 3 fully saturated rings. The van der Waals surface area contributed by atoms with E-state index in [1.54, 1.807) is 6.08 Å². The maximum absolute atomic E-state index is 14.3. The Morgan fingerprint density at radius 2 is 2.00 bits per heavy atom. The van der Waals surface area contributed by atoms with Gasteiger partial charge in [0.05, 0.1) is 4.91 Å². The van der Waals surface area contributed by atoms with Crippen LogP contribution < -0.4 is 0 Å². The van der Waals surface area contributed by atoms with E-state index in [1.165, 1.54) is 6.92 Å². The summed E-state index contributed by atoms with van der Waals surface area (Å²) in [7, 11) is 0. The van der Waals surface area contributed by atoms with Gasteiger partial charge in [0.2, 0.25) is 0 Å². The van der Waals surface area contributed by atoms with E-state index < -0.39 is 17.0 Å². The fraction of sp³-hybridized carbons (Fsp3) is 0.591. The Balaban J connectivity index is 1.80. The molecule has 5 heteroatoms. The monoisotopic (exact) mass is 388 g/mol. The van der Waals surface area contributed by atoms with Crippen LogP contribution in [0.2, 0.25) is 0 Å². The second-order valence-electron chi connectivity index (χ2n) is 8.99. The number of thioether (sulfide) groups is 1. The Morgan fingerprint density at radius 1 is 1.30 bits per heavy atom. The van der Waals surface area contributed by atoms with Crippen molar-refractivity contribution < 1.29 is 18.8 Å². The molecule has 0 radical (unpaired) electrons. The van der Waals surface area contributed by atoms with Crippen molar-refractivity contribution in [3.05, 3.63) is 34.8 Å². The predicted octanol–water partition coefficient (Wildman–Crippen LogP) is 4.58. The number of hydrogen-bond donors (Lipinski definition) is 0. The van der Waals surface area contributed by atoms with E-state index in [1.807, 2.05) is 13.0 Å². The van der Waals surface area contributed by atoms with Crippen LogP contribution in [0, 0.1) is 28.6 Å². The molecular formula is C22H25FO3S. The quantitative estimate of drug-likeness (QED) is 0.659. The number of Topliss-reactive ketones (excluding diaryl/α,β-unsaturated/α-hetero) is 1. The van der Waals surface area contributed by atoms with E-state index in [-0.39, 0.29) is 34.4 Å². The van der Waals surface area contributed by atoms with Crippen LogP contribution in [0.4, 0.5) is 4.39 Å². The summed E-state index contributed by atoms with van der Waals surface area (Å²) in [6.07, 6.45) is 4.66. The number of fused-ring (bicyclic) bond motifs is 5. The molecular weight excluding hydrogens is 363 g/mol. The second-order valence-corrected chi connectivity index (χ2v) is 10.2. The van der Waals surface area contributed by atoms with E-state index >= 15 is 0 Å². The van der Waals surface area contributed by atoms with Crippen molar-refractivity contribution in [1.82, 2.24) is 0 Å². The van der Waals surface area contributed by atoms with Crippen molar-refractivity contribution in [3.63, 3.8) is 0 Å². The molecule has 4 aliphatic rings. The van der Waals surface area contributed by atoms with Gasteiger partial charge in [-0.3, -0.25) is 14.4 Å². The van der Waals surface area contributed by atoms with Crippen molar-refractivity contribution in [2.75, 3.05) is 0 Å². The summed E-state index contributed by atoms with van der Waals surface area (Å²) in [5, 5.41) is -0.115. The molecule has 3 nitrogen and oxygen atoms in total. The summed E-state index contributed by atoms with van der Waals surface area (Å²) in [6, 6.07) is 0. The van der Waals surface area contributed by atoms with Crippen LogP contribution in [-0.4, -0.2) is 22.9 Å². The highest BCUT2D eigenvalue weighted by molar-refractivity contribution is 8.17. The number of allylic oxidation sites excluding steroid dienone is 5. The minimum absolute atomic E-state index is 0.0174. The topological polar surface area (TPSA) is 51.2 Å². The summed E-state index contributed by atoms with van der Waals surface area (Å²) >= 11 is 0.995. The van der Waals surface area contributed by atoms with Crippen LogP contribution in [0.5, 0.6) is 0 Å². The first-order valence-electron chi connectivity index (χ1n) is 9.63. The molecule has 27 heavy (non-hydrogen) atoms. The van der Waals surface area contributed by atoms with Gasteiger partial charge in [-0.25, -0.2) is 4.39 Å². The number of rotatable bonds is 1. The maximum atomic E-state index is 14.3. The zero-order valence-corrected chi connectivity index (χ0v) is 16.8. The SMILES string of the molecule is C=C1C[C@@H]2[C@H](CC[C@]3(C)C(=O)[C@H](F)C[C@@H]23)[C@@]2(C)C=CC(=O)C(SC(C)=O)=C12. The van der Waals surface area contributed by atoms with Crippen molar-refractivity contribution in [2.45, 2.75) is 52.6 Å². The highest BCUT2D eigenvalue weighted by atomic mass is 32.2. The lowest BCUT2D eigenvalue weighted by Gasteiger charge is -2.56. The molecule has 0 N–H and O–H groups in total. The largest absolute Gasteiger partial charge is 0.296 e. The van der Waals surface area contributed by atoms with Crippen molar-refractivity contribution in [2.24, 2.45) is 28.6 Å². The van der Waals surface area contributed by atoms with Gasteiger partial charge in [0.1, 0.15) is 0 Å². The van der Waals surface area contributed by atoms with E-state index in [0.717, 1.165) is 29.3 Å². The third kappa shape index (κ3) is 2.50. The van der Waals surface area contributed by atoms with Crippen LogP contribution in [0.3, 0.4) is 0 Å². The Bertz CT molecular complexity index is 840. The van der Waals surface area contributed by atoms with Gasteiger partial charge in [-0.2, -0.15) is 0 Å². The molecule has 4 aliphatic carbocycles.